The number of benzene rings is 1. The molecule has 0 aliphatic carbocycles. The van der Waals surface area contributed by atoms with Crippen LogP contribution in [0.25, 0.3) is 0 Å². The van der Waals surface area contributed by atoms with Gasteiger partial charge in [-0.15, -0.1) is 11.3 Å². The number of rotatable bonds is 5. The van der Waals surface area contributed by atoms with Crippen LogP contribution in [0.15, 0.2) is 41.6 Å². The smallest absolute Gasteiger partial charge is 0.263 e. The molecule has 1 heterocycles. The van der Waals surface area contributed by atoms with Crippen LogP contribution in [0.1, 0.15) is 27.0 Å². The summed E-state index contributed by atoms with van der Waals surface area (Å²) in [7, 11) is 1.73. The number of carbonyl (C=O) groups is 1. The number of thiophene rings is 1. The number of hydrogen-bond acceptors (Lipinski definition) is 4. The van der Waals surface area contributed by atoms with E-state index in [4.69, 9.17) is 5.21 Å². The van der Waals surface area contributed by atoms with E-state index < -0.39 is 0 Å². The highest BCUT2D eigenvalue weighted by Crippen LogP contribution is 2.19. The van der Waals surface area contributed by atoms with Gasteiger partial charge < -0.3 is 10.1 Å². The Balaban J connectivity index is 1.97. The van der Waals surface area contributed by atoms with Crippen molar-refractivity contribution < 1.29 is 14.4 Å². The molecule has 22 heavy (non-hydrogen) atoms. The minimum atomic E-state index is -0.264. The maximum absolute atomic E-state index is 12.8. The van der Waals surface area contributed by atoms with Crippen molar-refractivity contribution in [2.45, 2.75) is 13.3 Å². The van der Waals surface area contributed by atoms with Gasteiger partial charge in [-0.05, 0) is 43.2 Å². The van der Waals surface area contributed by atoms with Crippen molar-refractivity contribution in [3.63, 3.8) is 0 Å². The van der Waals surface area contributed by atoms with E-state index in [0.717, 1.165) is 10.4 Å². The summed E-state index contributed by atoms with van der Waals surface area (Å²) in [5, 5.41) is 11.9. The topological polar surface area (TPSA) is 52.9 Å². The average Bonchev–Trinajstić information content (AvgIpc) is 3.02. The summed E-state index contributed by atoms with van der Waals surface area (Å²) in [5.74, 6) is -0.343. The molecule has 0 bridgehead atoms. The SMILES string of the molecule is CC(=NO)c1ccc(C(=O)N(C)CCc2ccc(F)cc2)s1. The molecule has 4 nitrogen and oxygen atoms in total. The third-order valence-corrected chi connectivity index (χ3v) is 4.50. The molecule has 2 aromatic rings. The Bertz CT molecular complexity index is 680. The van der Waals surface area contributed by atoms with Crippen LogP contribution in [0.5, 0.6) is 0 Å². The highest BCUT2D eigenvalue weighted by Gasteiger charge is 2.15. The lowest BCUT2D eigenvalue weighted by Gasteiger charge is -2.16. The molecule has 0 aliphatic heterocycles. The molecule has 0 saturated heterocycles. The summed E-state index contributed by atoms with van der Waals surface area (Å²) in [4.78, 5) is 15.3. The van der Waals surface area contributed by atoms with Crippen molar-refractivity contribution in [3.05, 3.63) is 57.5 Å². The van der Waals surface area contributed by atoms with Gasteiger partial charge in [-0.2, -0.15) is 0 Å². The number of halogens is 1. The highest BCUT2D eigenvalue weighted by molar-refractivity contribution is 7.16. The van der Waals surface area contributed by atoms with Gasteiger partial charge in [0, 0.05) is 13.6 Å². The summed E-state index contributed by atoms with van der Waals surface area (Å²) >= 11 is 1.29. The van der Waals surface area contributed by atoms with Gasteiger partial charge in [0.05, 0.1) is 15.5 Å². The Morgan fingerprint density at radius 1 is 1.23 bits per heavy atom. The monoisotopic (exact) mass is 320 g/mol. The Morgan fingerprint density at radius 3 is 2.50 bits per heavy atom. The van der Waals surface area contributed by atoms with Crippen LogP contribution in [0.4, 0.5) is 4.39 Å². The van der Waals surface area contributed by atoms with Crippen molar-refractivity contribution in [1.29, 1.82) is 0 Å². The van der Waals surface area contributed by atoms with Crippen LogP contribution in [-0.2, 0) is 6.42 Å². The van der Waals surface area contributed by atoms with Crippen molar-refractivity contribution in [2.75, 3.05) is 13.6 Å². The molecule has 2 rings (SSSR count). The molecule has 0 saturated carbocycles. The molecule has 116 valence electrons. The number of likely N-dealkylation sites (N-methyl/N-ethyl adjacent to an activating group) is 1. The zero-order valence-electron chi connectivity index (χ0n) is 12.4. The van der Waals surface area contributed by atoms with Gasteiger partial charge in [-0.1, -0.05) is 17.3 Å². The molecule has 0 unspecified atom stereocenters. The quantitative estimate of drug-likeness (QED) is 0.521. The van der Waals surface area contributed by atoms with Crippen molar-refractivity contribution in [1.82, 2.24) is 4.90 Å². The third-order valence-electron chi connectivity index (χ3n) is 3.32. The second kappa shape index (κ2) is 7.17. The molecule has 0 radical (unpaired) electrons. The van der Waals surface area contributed by atoms with Crippen LogP contribution in [-0.4, -0.2) is 35.3 Å². The zero-order valence-corrected chi connectivity index (χ0v) is 13.2. The van der Waals surface area contributed by atoms with Gasteiger partial charge in [0.1, 0.15) is 5.82 Å². The standard InChI is InChI=1S/C16H17FN2O2S/c1-11(18-21)14-7-8-15(22-14)16(20)19(2)10-9-12-3-5-13(17)6-4-12/h3-8,21H,9-10H2,1-2H3. The molecule has 0 aliphatic rings. The Labute approximate surface area is 132 Å². The van der Waals surface area contributed by atoms with Crippen molar-refractivity contribution in [2.24, 2.45) is 5.16 Å². The Kier molecular flexibility index (Phi) is 5.27. The summed E-state index contributed by atoms with van der Waals surface area (Å²) in [6, 6.07) is 9.77. The van der Waals surface area contributed by atoms with Crippen molar-refractivity contribution in [3.8, 4) is 0 Å². The van der Waals surface area contributed by atoms with E-state index in [-0.39, 0.29) is 11.7 Å². The number of amides is 1. The first-order valence-electron chi connectivity index (χ1n) is 6.80. The first-order valence-corrected chi connectivity index (χ1v) is 7.61. The third kappa shape index (κ3) is 3.92. The molecule has 1 aromatic carbocycles. The van der Waals surface area contributed by atoms with E-state index in [9.17, 15) is 9.18 Å². The van der Waals surface area contributed by atoms with E-state index in [1.54, 1.807) is 43.1 Å². The average molecular weight is 320 g/mol. The van der Waals surface area contributed by atoms with Gasteiger partial charge in [0.15, 0.2) is 0 Å². The molecule has 1 amide bonds. The summed E-state index contributed by atoms with van der Waals surface area (Å²) in [6.45, 7) is 2.23. The van der Waals surface area contributed by atoms with Crippen LogP contribution in [0.2, 0.25) is 0 Å². The summed E-state index contributed by atoms with van der Waals surface area (Å²) in [6.07, 6.45) is 0.665. The first-order chi connectivity index (χ1) is 10.5. The predicted molar refractivity (Wildman–Crippen MR) is 85.4 cm³/mol. The van der Waals surface area contributed by atoms with E-state index in [1.165, 1.54) is 23.5 Å². The molecular weight excluding hydrogens is 303 g/mol. The molecular formula is C16H17FN2O2S. The maximum Gasteiger partial charge on any atom is 0.263 e. The van der Waals surface area contributed by atoms with E-state index in [1.807, 2.05) is 0 Å². The minimum absolute atomic E-state index is 0.0795. The molecule has 0 fully saturated rings. The summed E-state index contributed by atoms with van der Waals surface area (Å²) in [5.41, 5.74) is 1.47. The Hall–Kier alpha value is -2.21. The van der Waals surface area contributed by atoms with Gasteiger partial charge in [0.2, 0.25) is 0 Å². The molecule has 1 aromatic heterocycles. The van der Waals surface area contributed by atoms with Gasteiger partial charge >= 0.3 is 0 Å². The Morgan fingerprint density at radius 2 is 1.86 bits per heavy atom. The number of nitrogens with zero attached hydrogens (tertiary/aromatic N) is 2. The molecule has 0 spiro atoms. The lowest BCUT2D eigenvalue weighted by molar-refractivity contribution is 0.0801. The van der Waals surface area contributed by atoms with Crippen LogP contribution >= 0.6 is 11.3 Å². The number of hydrogen-bond donors (Lipinski definition) is 1. The minimum Gasteiger partial charge on any atom is -0.411 e. The fourth-order valence-corrected chi connectivity index (χ4v) is 2.87. The second-order valence-corrected chi connectivity index (χ2v) is 6.04. The second-order valence-electron chi connectivity index (χ2n) is 4.95. The molecule has 6 heteroatoms. The highest BCUT2D eigenvalue weighted by atomic mass is 32.1. The van der Waals surface area contributed by atoms with Gasteiger partial charge in [-0.3, -0.25) is 4.79 Å². The van der Waals surface area contributed by atoms with Crippen LogP contribution in [0.3, 0.4) is 0 Å². The fourth-order valence-electron chi connectivity index (χ4n) is 1.93. The molecule has 0 atom stereocenters. The van der Waals surface area contributed by atoms with Gasteiger partial charge in [0.25, 0.3) is 5.91 Å². The molecule has 1 N–H and O–H groups in total. The zero-order chi connectivity index (χ0) is 16.1. The van der Waals surface area contributed by atoms with Crippen LogP contribution < -0.4 is 0 Å². The van der Waals surface area contributed by atoms with E-state index >= 15 is 0 Å². The maximum atomic E-state index is 12.8. The largest absolute Gasteiger partial charge is 0.411 e. The predicted octanol–water partition coefficient (Wildman–Crippen LogP) is 3.40. The van der Waals surface area contributed by atoms with Gasteiger partial charge in [-0.25, -0.2) is 4.39 Å². The number of oxime groups is 1. The normalized spacial score (nSPS) is 11.5. The lowest BCUT2D eigenvalue weighted by atomic mass is 10.1. The van der Waals surface area contributed by atoms with Crippen LogP contribution in [0, 0.1) is 5.82 Å². The van der Waals surface area contributed by atoms with Crippen molar-refractivity contribution >= 4 is 23.0 Å². The number of carbonyl (C=O) groups excluding carboxylic acids is 1. The first kappa shape index (κ1) is 16.2. The lowest BCUT2D eigenvalue weighted by Crippen LogP contribution is -2.28. The summed E-state index contributed by atoms with van der Waals surface area (Å²) < 4.78 is 12.8. The van der Waals surface area contributed by atoms with E-state index in [0.29, 0.717) is 23.6 Å². The fraction of sp³-hybridized carbons (Fsp3) is 0.250. The van der Waals surface area contributed by atoms with E-state index in [2.05, 4.69) is 5.16 Å².